The number of para-hydroxylation sites is 1. The number of benzene rings is 1. The Morgan fingerprint density at radius 3 is 2.56 bits per heavy atom. The van der Waals surface area contributed by atoms with E-state index < -0.39 is 5.97 Å². The van der Waals surface area contributed by atoms with Crippen LogP contribution in [0.25, 0.3) is 0 Å². The molecular formula is C12H18ClNO2. The molecule has 0 amide bonds. The van der Waals surface area contributed by atoms with Crippen molar-refractivity contribution < 1.29 is 9.90 Å². The molecule has 1 rings (SSSR count). The molecule has 3 nitrogen and oxygen atoms in total. The third-order valence-corrected chi connectivity index (χ3v) is 2.44. The summed E-state index contributed by atoms with van der Waals surface area (Å²) in [6.45, 7) is 2.65. The van der Waals surface area contributed by atoms with E-state index in [1.807, 2.05) is 30.1 Å². The predicted octanol–water partition coefficient (Wildman–Crippen LogP) is 2.58. The fourth-order valence-corrected chi connectivity index (χ4v) is 1.57. The number of nitrogens with zero attached hydrogens (tertiary/aromatic N) is 1. The minimum absolute atomic E-state index is 0. The Balaban J connectivity index is 0.00000225. The van der Waals surface area contributed by atoms with Gasteiger partial charge >= 0.3 is 5.97 Å². The highest BCUT2D eigenvalue weighted by atomic mass is 35.5. The lowest BCUT2D eigenvalue weighted by Gasteiger charge is -2.21. The fraction of sp³-hybridized carbons (Fsp3) is 0.417. The number of carboxylic acids is 1. The van der Waals surface area contributed by atoms with Gasteiger partial charge in [0.05, 0.1) is 6.42 Å². The monoisotopic (exact) mass is 243 g/mol. The molecule has 0 fully saturated rings. The molecule has 90 valence electrons. The zero-order chi connectivity index (χ0) is 11.3. The van der Waals surface area contributed by atoms with Gasteiger partial charge in [0.25, 0.3) is 0 Å². The number of anilines is 1. The predicted molar refractivity (Wildman–Crippen MR) is 68.6 cm³/mol. The SMILES string of the molecule is CCc1ccccc1N(C)CCC(=O)O.Cl. The molecular weight excluding hydrogens is 226 g/mol. The maximum absolute atomic E-state index is 10.5. The summed E-state index contributed by atoms with van der Waals surface area (Å²) in [4.78, 5) is 12.5. The summed E-state index contributed by atoms with van der Waals surface area (Å²) in [5.74, 6) is -0.754. The summed E-state index contributed by atoms with van der Waals surface area (Å²) in [6, 6.07) is 8.09. The normalized spacial score (nSPS) is 9.38. The van der Waals surface area contributed by atoms with E-state index >= 15 is 0 Å². The molecule has 0 aliphatic carbocycles. The molecule has 0 heterocycles. The number of halogens is 1. The maximum atomic E-state index is 10.5. The summed E-state index contributed by atoms with van der Waals surface area (Å²) in [5, 5.41) is 8.61. The molecule has 0 aliphatic heterocycles. The molecule has 0 radical (unpaired) electrons. The number of aryl methyl sites for hydroxylation is 1. The standard InChI is InChI=1S/C12H17NO2.ClH/c1-3-10-6-4-5-7-11(10)13(2)9-8-12(14)15;/h4-7H,3,8-9H2,1-2H3,(H,14,15);1H. The second kappa shape index (κ2) is 7.12. The first kappa shape index (κ1) is 14.8. The number of rotatable bonds is 5. The van der Waals surface area contributed by atoms with Gasteiger partial charge in [-0.2, -0.15) is 0 Å². The summed E-state index contributed by atoms with van der Waals surface area (Å²) in [7, 11) is 1.93. The molecule has 0 saturated heterocycles. The van der Waals surface area contributed by atoms with Crippen LogP contribution in [0.1, 0.15) is 18.9 Å². The second-order valence-electron chi connectivity index (χ2n) is 3.55. The first-order valence-corrected chi connectivity index (χ1v) is 5.16. The summed E-state index contributed by atoms with van der Waals surface area (Å²) in [5.41, 5.74) is 2.38. The van der Waals surface area contributed by atoms with Crippen molar-refractivity contribution in [2.75, 3.05) is 18.5 Å². The van der Waals surface area contributed by atoms with Crippen molar-refractivity contribution in [3.63, 3.8) is 0 Å². The van der Waals surface area contributed by atoms with E-state index in [1.54, 1.807) is 0 Å². The number of hydrogen-bond acceptors (Lipinski definition) is 2. The Labute approximate surface area is 102 Å². The van der Waals surface area contributed by atoms with Crippen LogP contribution in [0.5, 0.6) is 0 Å². The maximum Gasteiger partial charge on any atom is 0.305 e. The Hall–Kier alpha value is -1.22. The highest BCUT2D eigenvalue weighted by Crippen LogP contribution is 2.19. The van der Waals surface area contributed by atoms with Crippen LogP contribution in [-0.4, -0.2) is 24.7 Å². The molecule has 0 saturated carbocycles. The topological polar surface area (TPSA) is 40.5 Å². The quantitative estimate of drug-likeness (QED) is 0.864. The zero-order valence-electron chi connectivity index (χ0n) is 9.64. The van der Waals surface area contributed by atoms with Crippen LogP contribution < -0.4 is 4.90 Å². The van der Waals surface area contributed by atoms with E-state index in [9.17, 15) is 4.79 Å². The Kier molecular flexibility index (Phi) is 6.58. The number of hydrogen-bond donors (Lipinski definition) is 1. The minimum atomic E-state index is -0.754. The third-order valence-electron chi connectivity index (χ3n) is 2.44. The average Bonchev–Trinajstić information content (AvgIpc) is 2.25. The van der Waals surface area contributed by atoms with Crippen molar-refractivity contribution in [2.24, 2.45) is 0 Å². The first-order valence-electron chi connectivity index (χ1n) is 5.16. The van der Waals surface area contributed by atoms with Gasteiger partial charge in [-0.15, -0.1) is 12.4 Å². The van der Waals surface area contributed by atoms with Gasteiger partial charge in [0.2, 0.25) is 0 Å². The van der Waals surface area contributed by atoms with E-state index in [1.165, 1.54) is 5.56 Å². The Morgan fingerprint density at radius 1 is 1.38 bits per heavy atom. The fourth-order valence-electron chi connectivity index (χ4n) is 1.57. The van der Waals surface area contributed by atoms with Crippen molar-refractivity contribution in [3.05, 3.63) is 29.8 Å². The third kappa shape index (κ3) is 4.11. The van der Waals surface area contributed by atoms with Gasteiger partial charge in [-0.3, -0.25) is 4.79 Å². The van der Waals surface area contributed by atoms with Gasteiger partial charge < -0.3 is 10.0 Å². The lowest BCUT2D eigenvalue weighted by molar-refractivity contribution is -0.136. The van der Waals surface area contributed by atoms with Crippen molar-refractivity contribution in [1.82, 2.24) is 0 Å². The molecule has 0 spiro atoms. The van der Waals surface area contributed by atoms with Gasteiger partial charge in [0, 0.05) is 19.3 Å². The molecule has 0 bridgehead atoms. The van der Waals surface area contributed by atoms with E-state index in [0.29, 0.717) is 6.54 Å². The summed E-state index contributed by atoms with van der Waals surface area (Å²) < 4.78 is 0. The van der Waals surface area contributed by atoms with Crippen LogP contribution in [0, 0.1) is 0 Å². The van der Waals surface area contributed by atoms with Gasteiger partial charge in [0.15, 0.2) is 0 Å². The van der Waals surface area contributed by atoms with Crippen LogP contribution in [-0.2, 0) is 11.2 Å². The van der Waals surface area contributed by atoms with Crippen molar-refractivity contribution in [1.29, 1.82) is 0 Å². The molecule has 4 heteroatoms. The van der Waals surface area contributed by atoms with E-state index in [4.69, 9.17) is 5.11 Å². The lowest BCUT2D eigenvalue weighted by Crippen LogP contribution is -2.22. The largest absolute Gasteiger partial charge is 0.481 e. The summed E-state index contributed by atoms with van der Waals surface area (Å²) >= 11 is 0. The molecule has 0 aromatic heterocycles. The van der Waals surface area contributed by atoms with E-state index in [-0.39, 0.29) is 18.8 Å². The van der Waals surface area contributed by atoms with Gasteiger partial charge in [-0.1, -0.05) is 25.1 Å². The molecule has 0 unspecified atom stereocenters. The molecule has 1 N–H and O–H groups in total. The number of aliphatic carboxylic acids is 1. The lowest BCUT2D eigenvalue weighted by atomic mass is 10.1. The Bertz CT molecular complexity index is 342. The second-order valence-corrected chi connectivity index (χ2v) is 3.55. The van der Waals surface area contributed by atoms with Crippen LogP contribution in [0.2, 0.25) is 0 Å². The Morgan fingerprint density at radius 2 is 2.00 bits per heavy atom. The van der Waals surface area contributed by atoms with E-state index in [0.717, 1.165) is 12.1 Å². The highest BCUT2D eigenvalue weighted by molar-refractivity contribution is 5.85. The minimum Gasteiger partial charge on any atom is -0.481 e. The van der Waals surface area contributed by atoms with Crippen LogP contribution in [0.3, 0.4) is 0 Å². The molecule has 0 aliphatic rings. The van der Waals surface area contributed by atoms with Crippen LogP contribution >= 0.6 is 12.4 Å². The molecule has 0 atom stereocenters. The van der Waals surface area contributed by atoms with Crippen molar-refractivity contribution >= 4 is 24.1 Å². The smallest absolute Gasteiger partial charge is 0.305 e. The van der Waals surface area contributed by atoms with Gasteiger partial charge in [-0.25, -0.2) is 0 Å². The molecule has 1 aromatic carbocycles. The van der Waals surface area contributed by atoms with Gasteiger partial charge in [0.1, 0.15) is 0 Å². The number of carbonyl (C=O) groups is 1. The van der Waals surface area contributed by atoms with Crippen molar-refractivity contribution in [3.8, 4) is 0 Å². The van der Waals surface area contributed by atoms with Crippen molar-refractivity contribution in [2.45, 2.75) is 19.8 Å². The number of carboxylic acid groups (broad SMARTS) is 1. The van der Waals surface area contributed by atoms with Crippen LogP contribution in [0.4, 0.5) is 5.69 Å². The molecule has 1 aromatic rings. The highest BCUT2D eigenvalue weighted by Gasteiger charge is 2.06. The first-order chi connectivity index (χ1) is 7.15. The van der Waals surface area contributed by atoms with Gasteiger partial charge in [-0.05, 0) is 18.1 Å². The average molecular weight is 244 g/mol. The van der Waals surface area contributed by atoms with Crippen LogP contribution in [0.15, 0.2) is 24.3 Å². The summed E-state index contributed by atoms with van der Waals surface area (Å²) in [6.07, 6.45) is 1.14. The molecule has 16 heavy (non-hydrogen) atoms. The zero-order valence-corrected chi connectivity index (χ0v) is 10.5. The van der Waals surface area contributed by atoms with E-state index in [2.05, 4.69) is 13.0 Å².